The minimum absolute atomic E-state index is 0.119. The molecule has 1 atom stereocenters. The van der Waals surface area contributed by atoms with E-state index in [1.807, 2.05) is 19.1 Å². The van der Waals surface area contributed by atoms with E-state index in [1.54, 1.807) is 12.4 Å². The number of imidazole rings is 1. The Morgan fingerprint density at radius 2 is 1.74 bits per heavy atom. The third kappa shape index (κ3) is 3.96. The van der Waals surface area contributed by atoms with Gasteiger partial charge in [0, 0.05) is 0 Å². The molecule has 10 heteroatoms. The molecule has 0 bridgehead atoms. The summed E-state index contributed by atoms with van der Waals surface area (Å²) in [6.45, 7) is 1.89. The van der Waals surface area contributed by atoms with Crippen molar-refractivity contribution in [2.24, 2.45) is 0 Å². The molecular formula is C24H16AsF4N5. The van der Waals surface area contributed by atoms with E-state index in [1.165, 1.54) is 33.4 Å². The van der Waals surface area contributed by atoms with E-state index in [0.29, 0.717) is 17.3 Å². The summed E-state index contributed by atoms with van der Waals surface area (Å²) in [6, 6.07) is 8.09. The molecule has 0 saturated carbocycles. The second-order valence-electron chi connectivity index (χ2n) is 7.66. The Morgan fingerprint density at radius 1 is 0.941 bits per heavy atom. The van der Waals surface area contributed by atoms with Crippen LogP contribution in [0.5, 0.6) is 0 Å². The minimum atomic E-state index is -1.30. The number of nitrogens with zero attached hydrogens (tertiary/aromatic N) is 5. The molecule has 0 radical (unpaired) electrons. The summed E-state index contributed by atoms with van der Waals surface area (Å²) in [5.74, 6) is -3.56. The first-order valence-electron chi connectivity index (χ1n) is 10.2. The maximum atomic E-state index is 14.3. The predicted octanol–water partition coefficient (Wildman–Crippen LogP) is 3.57. The van der Waals surface area contributed by atoms with Crippen LogP contribution in [-0.2, 0) is 6.42 Å². The van der Waals surface area contributed by atoms with E-state index in [0.717, 1.165) is 33.6 Å². The molecule has 0 amide bonds. The second kappa shape index (κ2) is 8.65. The number of hydrogen-bond donors (Lipinski definition) is 0. The molecule has 0 N–H and O–H groups in total. The zero-order valence-electron chi connectivity index (χ0n) is 17.7. The monoisotopic (exact) mass is 525 g/mol. The summed E-state index contributed by atoms with van der Waals surface area (Å²) in [7, 11) is 0. The van der Waals surface area contributed by atoms with Crippen LogP contribution < -0.4 is 4.48 Å². The zero-order valence-corrected chi connectivity index (χ0v) is 20.2. The molecule has 4 aromatic heterocycles. The Balaban J connectivity index is 1.63. The van der Waals surface area contributed by atoms with E-state index in [4.69, 9.17) is 0 Å². The number of benzene rings is 1. The number of pyridine rings is 2. The molecule has 0 aliphatic rings. The van der Waals surface area contributed by atoms with E-state index in [2.05, 4.69) is 19.9 Å². The van der Waals surface area contributed by atoms with Crippen LogP contribution in [-0.4, -0.2) is 41.2 Å². The van der Waals surface area contributed by atoms with Crippen molar-refractivity contribution in [1.82, 2.24) is 24.3 Å². The standard InChI is InChI=1S/C24H16AsF4N5/c1-12-8-13(6-7-30-12)16-10-31-24(33-23(16)25)22-19-5-2-14(26)11-34(19)20(32-22)9-15-17(27)3-4-18(28)21(15)29/h2-8,10-11H,9,25H2,1H3. The fourth-order valence-corrected chi connectivity index (χ4v) is 4.51. The molecule has 5 nitrogen and oxygen atoms in total. The Bertz CT molecular complexity index is 1570. The molecule has 0 spiro atoms. The van der Waals surface area contributed by atoms with Crippen LogP contribution in [0.3, 0.4) is 0 Å². The average molecular weight is 525 g/mol. The molecule has 5 rings (SSSR count). The fraction of sp³-hybridized carbons (Fsp3) is 0.0833. The number of rotatable bonds is 4. The van der Waals surface area contributed by atoms with Gasteiger partial charge in [0.15, 0.2) is 0 Å². The molecule has 34 heavy (non-hydrogen) atoms. The molecule has 4 heterocycles. The number of aryl methyl sites for hydroxylation is 1. The van der Waals surface area contributed by atoms with E-state index >= 15 is 0 Å². The number of hydrogen-bond acceptors (Lipinski definition) is 4. The topological polar surface area (TPSA) is 56.0 Å². The van der Waals surface area contributed by atoms with E-state index in [-0.39, 0.29) is 11.6 Å². The van der Waals surface area contributed by atoms with Gasteiger partial charge in [0.1, 0.15) is 0 Å². The first-order valence-corrected chi connectivity index (χ1v) is 11.4. The summed E-state index contributed by atoms with van der Waals surface area (Å²) in [4.78, 5) is 17.7. The first kappa shape index (κ1) is 22.2. The molecule has 0 saturated heterocycles. The van der Waals surface area contributed by atoms with Crippen molar-refractivity contribution in [3.8, 4) is 22.6 Å². The maximum absolute atomic E-state index is 14.3. The summed E-state index contributed by atoms with van der Waals surface area (Å²) >= 11 is 1.28. The molecule has 0 fully saturated rings. The van der Waals surface area contributed by atoms with Gasteiger partial charge in [-0.1, -0.05) is 0 Å². The second-order valence-corrected chi connectivity index (χ2v) is 8.80. The van der Waals surface area contributed by atoms with Crippen molar-refractivity contribution in [2.75, 3.05) is 0 Å². The quantitative estimate of drug-likeness (QED) is 0.205. The Hall–Kier alpha value is -3.58. The molecule has 1 aromatic carbocycles. The Kier molecular flexibility index (Phi) is 5.65. The average Bonchev–Trinajstić information content (AvgIpc) is 3.16. The third-order valence-corrected chi connectivity index (χ3v) is 6.31. The number of aromatic nitrogens is 5. The van der Waals surface area contributed by atoms with Crippen molar-refractivity contribution < 1.29 is 17.6 Å². The summed E-state index contributed by atoms with van der Waals surface area (Å²) in [5, 5.41) is 0. The van der Waals surface area contributed by atoms with Gasteiger partial charge in [-0.15, -0.1) is 0 Å². The van der Waals surface area contributed by atoms with Crippen molar-refractivity contribution >= 4 is 26.9 Å². The molecule has 5 aromatic rings. The van der Waals surface area contributed by atoms with Crippen LogP contribution in [0.25, 0.3) is 28.2 Å². The molecule has 170 valence electrons. The SMILES string of the molecule is Cc1cc(-c2cnc(-c3nc(Cc4c(F)ccc(F)c4F)n4cc(F)ccc34)nc2[AsH2])ccn1. The van der Waals surface area contributed by atoms with Gasteiger partial charge in [-0.2, -0.15) is 0 Å². The van der Waals surface area contributed by atoms with Crippen LogP contribution in [0.15, 0.2) is 55.0 Å². The van der Waals surface area contributed by atoms with Crippen molar-refractivity contribution in [3.63, 3.8) is 0 Å². The van der Waals surface area contributed by atoms with Crippen LogP contribution >= 0.6 is 0 Å². The van der Waals surface area contributed by atoms with Gasteiger partial charge in [-0.3, -0.25) is 0 Å². The van der Waals surface area contributed by atoms with Crippen LogP contribution in [0.2, 0.25) is 0 Å². The molecule has 0 aliphatic heterocycles. The van der Waals surface area contributed by atoms with Gasteiger partial charge in [0.2, 0.25) is 0 Å². The van der Waals surface area contributed by atoms with Crippen LogP contribution in [0.1, 0.15) is 17.1 Å². The van der Waals surface area contributed by atoms with E-state index < -0.39 is 35.3 Å². The van der Waals surface area contributed by atoms with Crippen molar-refractivity contribution in [3.05, 3.63) is 95.3 Å². The Labute approximate surface area is 200 Å². The van der Waals surface area contributed by atoms with Crippen LogP contribution in [0, 0.1) is 30.2 Å². The van der Waals surface area contributed by atoms with E-state index in [9.17, 15) is 17.6 Å². The van der Waals surface area contributed by atoms with Gasteiger partial charge in [0.05, 0.1) is 0 Å². The third-order valence-electron chi connectivity index (χ3n) is 5.39. The summed E-state index contributed by atoms with van der Waals surface area (Å²) in [5.41, 5.74) is 2.90. The number of fused-ring (bicyclic) bond motifs is 1. The fourth-order valence-electron chi connectivity index (χ4n) is 3.74. The molecule has 1 unspecified atom stereocenters. The van der Waals surface area contributed by atoms with Crippen LogP contribution in [0.4, 0.5) is 17.6 Å². The van der Waals surface area contributed by atoms with Gasteiger partial charge in [0.25, 0.3) is 0 Å². The predicted molar refractivity (Wildman–Crippen MR) is 121 cm³/mol. The molecule has 0 aliphatic carbocycles. The zero-order chi connectivity index (χ0) is 24.0. The van der Waals surface area contributed by atoms with Gasteiger partial charge >= 0.3 is 200 Å². The Morgan fingerprint density at radius 3 is 2.50 bits per heavy atom. The molecular weight excluding hydrogens is 509 g/mol. The van der Waals surface area contributed by atoms with Gasteiger partial charge < -0.3 is 0 Å². The number of halogens is 4. The van der Waals surface area contributed by atoms with Crippen molar-refractivity contribution in [1.29, 1.82) is 0 Å². The normalized spacial score (nSPS) is 11.4. The first-order chi connectivity index (χ1) is 16.3. The van der Waals surface area contributed by atoms with Gasteiger partial charge in [-0.25, -0.2) is 0 Å². The van der Waals surface area contributed by atoms with Gasteiger partial charge in [-0.05, 0) is 0 Å². The van der Waals surface area contributed by atoms with Crippen molar-refractivity contribution in [2.45, 2.75) is 13.3 Å². The summed E-state index contributed by atoms with van der Waals surface area (Å²) < 4.78 is 58.4. The summed E-state index contributed by atoms with van der Waals surface area (Å²) in [6.07, 6.45) is 4.15.